The van der Waals surface area contributed by atoms with Gasteiger partial charge in [0.25, 0.3) is 0 Å². The van der Waals surface area contributed by atoms with E-state index in [1.54, 1.807) is 12.3 Å². The van der Waals surface area contributed by atoms with Crippen LogP contribution in [-0.2, 0) is 6.54 Å². The van der Waals surface area contributed by atoms with E-state index in [-0.39, 0.29) is 5.54 Å². The number of nitrogens with one attached hydrogen (secondary N) is 1. The number of rotatable bonds is 5. The Morgan fingerprint density at radius 1 is 1.47 bits per heavy atom. The Morgan fingerprint density at radius 2 is 2.18 bits per heavy atom. The van der Waals surface area contributed by atoms with Gasteiger partial charge in [0.2, 0.25) is 0 Å². The van der Waals surface area contributed by atoms with E-state index in [9.17, 15) is 0 Å². The molecule has 0 aliphatic carbocycles. The molecule has 1 rings (SSSR count). The maximum absolute atomic E-state index is 5.28. The largest absolute Gasteiger partial charge is 0.459 e. The average molecular weight is 235 g/mol. The number of ether oxygens (including phenoxy) is 1. The van der Waals surface area contributed by atoms with Crippen LogP contribution in [0.1, 0.15) is 32.0 Å². The fourth-order valence-corrected chi connectivity index (χ4v) is 1.21. The van der Waals surface area contributed by atoms with Gasteiger partial charge in [0.15, 0.2) is 0 Å². The Morgan fingerprint density at radius 3 is 2.71 bits per heavy atom. The summed E-state index contributed by atoms with van der Waals surface area (Å²) in [5, 5.41) is 3.40. The molecule has 0 amide bonds. The van der Waals surface area contributed by atoms with Crippen molar-refractivity contribution in [2.45, 2.75) is 39.8 Å². The van der Waals surface area contributed by atoms with Gasteiger partial charge >= 0.3 is 6.01 Å². The van der Waals surface area contributed by atoms with E-state index < -0.39 is 0 Å². The summed E-state index contributed by atoms with van der Waals surface area (Å²) < 4.78 is 5.28. The van der Waals surface area contributed by atoms with E-state index in [1.165, 1.54) is 0 Å². The highest BCUT2D eigenvalue weighted by atomic mass is 16.5. The van der Waals surface area contributed by atoms with Crippen LogP contribution in [0.3, 0.4) is 0 Å². The zero-order chi connectivity index (χ0) is 12.9. The quantitative estimate of drug-likeness (QED) is 0.795. The van der Waals surface area contributed by atoms with Crippen molar-refractivity contribution in [3.8, 4) is 6.01 Å². The van der Waals surface area contributed by atoms with Gasteiger partial charge in [-0.3, -0.25) is 0 Å². The first kappa shape index (κ1) is 13.6. The van der Waals surface area contributed by atoms with Crippen LogP contribution in [0.2, 0.25) is 0 Å². The summed E-state index contributed by atoms with van der Waals surface area (Å²) in [6.45, 7) is 13.1. The van der Waals surface area contributed by atoms with Crippen molar-refractivity contribution in [3.63, 3.8) is 0 Å². The van der Waals surface area contributed by atoms with E-state index in [1.807, 2.05) is 6.92 Å². The van der Waals surface area contributed by atoms with Crippen LogP contribution in [0.5, 0.6) is 6.01 Å². The number of aryl methyl sites for hydroxylation is 1. The lowest BCUT2D eigenvalue weighted by Crippen LogP contribution is -2.35. The van der Waals surface area contributed by atoms with E-state index in [4.69, 9.17) is 4.74 Å². The zero-order valence-corrected chi connectivity index (χ0v) is 11.1. The zero-order valence-electron chi connectivity index (χ0n) is 11.1. The van der Waals surface area contributed by atoms with Crippen LogP contribution in [0, 0.1) is 6.92 Å². The Hall–Kier alpha value is -1.42. The number of hydrogen-bond acceptors (Lipinski definition) is 4. The smallest absolute Gasteiger partial charge is 0.316 e. The van der Waals surface area contributed by atoms with Crippen molar-refractivity contribution < 1.29 is 4.74 Å². The van der Waals surface area contributed by atoms with Gasteiger partial charge in [-0.1, -0.05) is 12.7 Å². The van der Waals surface area contributed by atoms with Crippen molar-refractivity contribution >= 4 is 0 Å². The average Bonchev–Trinajstić information content (AvgIpc) is 2.23. The molecule has 0 atom stereocenters. The topological polar surface area (TPSA) is 47.0 Å². The molecule has 1 heterocycles. The first-order chi connectivity index (χ1) is 7.92. The fraction of sp³-hybridized carbons (Fsp3) is 0.538. The Bertz CT molecular complexity index is 383. The predicted molar refractivity (Wildman–Crippen MR) is 69.1 cm³/mol. The van der Waals surface area contributed by atoms with Gasteiger partial charge in [0.05, 0.1) is 0 Å². The maximum Gasteiger partial charge on any atom is 0.316 e. The molecule has 0 unspecified atom stereocenters. The normalized spacial score (nSPS) is 11.3. The summed E-state index contributed by atoms with van der Waals surface area (Å²) in [5.74, 6) is 0. The van der Waals surface area contributed by atoms with Gasteiger partial charge in [-0.05, 0) is 27.7 Å². The van der Waals surface area contributed by atoms with Gasteiger partial charge in [-0.15, -0.1) is 0 Å². The second-order valence-electron chi connectivity index (χ2n) is 4.97. The highest BCUT2D eigenvalue weighted by Crippen LogP contribution is 2.10. The summed E-state index contributed by atoms with van der Waals surface area (Å²) in [6.07, 6.45) is 3.48. The Balaban J connectivity index is 2.66. The van der Waals surface area contributed by atoms with Crippen LogP contribution >= 0.6 is 0 Å². The standard InChI is InChI=1S/C13H21N3O/c1-6-7-17-12-14-8-11(10(2)16-12)9-15-13(3,4)5/h6,8,15H,1,7,9H2,2-5H3. The SMILES string of the molecule is C=CCOc1ncc(CNC(C)(C)C)c(C)n1. The van der Waals surface area contributed by atoms with Crippen molar-refractivity contribution in [2.75, 3.05) is 6.61 Å². The minimum atomic E-state index is 0.0877. The Labute approximate surface area is 103 Å². The van der Waals surface area contributed by atoms with Crippen molar-refractivity contribution in [1.29, 1.82) is 0 Å². The van der Waals surface area contributed by atoms with Gasteiger partial charge in [-0.25, -0.2) is 9.97 Å². The van der Waals surface area contributed by atoms with Gasteiger partial charge in [0.1, 0.15) is 6.61 Å². The lowest BCUT2D eigenvalue weighted by atomic mass is 10.1. The second-order valence-corrected chi connectivity index (χ2v) is 4.97. The summed E-state index contributed by atoms with van der Waals surface area (Å²) >= 11 is 0. The molecule has 0 aliphatic rings. The van der Waals surface area contributed by atoms with Crippen molar-refractivity contribution in [2.24, 2.45) is 0 Å². The molecule has 4 heteroatoms. The third kappa shape index (κ3) is 4.95. The van der Waals surface area contributed by atoms with Crippen LogP contribution in [-0.4, -0.2) is 22.1 Å². The van der Waals surface area contributed by atoms with Gasteiger partial charge in [-0.2, -0.15) is 0 Å². The van der Waals surface area contributed by atoms with Crippen molar-refractivity contribution in [1.82, 2.24) is 15.3 Å². The van der Waals surface area contributed by atoms with Crippen LogP contribution in [0.4, 0.5) is 0 Å². The molecule has 1 N–H and O–H groups in total. The lowest BCUT2D eigenvalue weighted by Gasteiger charge is -2.20. The molecule has 17 heavy (non-hydrogen) atoms. The monoisotopic (exact) mass is 235 g/mol. The summed E-state index contributed by atoms with van der Waals surface area (Å²) in [5.41, 5.74) is 2.12. The second kappa shape index (κ2) is 5.77. The molecule has 0 saturated heterocycles. The molecule has 0 saturated carbocycles. The molecule has 1 aromatic heterocycles. The number of nitrogens with zero attached hydrogens (tertiary/aromatic N) is 2. The van der Waals surface area contributed by atoms with Crippen LogP contribution in [0.25, 0.3) is 0 Å². The van der Waals surface area contributed by atoms with Crippen LogP contribution < -0.4 is 10.1 Å². The summed E-state index contributed by atoms with van der Waals surface area (Å²) in [6, 6.07) is 0.405. The van der Waals surface area contributed by atoms with Gasteiger partial charge < -0.3 is 10.1 Å². The molecule has 4 nitrogen and oxygen atoms in total. The molecule has 0 spiro atoms. The number of hydrogen-bond donors (Lipinski definition) is 1. The highest BCUT2D eigenvalue weighted by molar-refractivity contribution is 5.18. The lowest BCUT2D eigenvalue weighted by molar-refractivity contribution is 0.331. The minimum absolute atomic E-state index is 0.0877. The predicted octanol–water partition coefficient (Wildman–Crippen LogP) is 2.24. The summed E-state index contributed by atoms with van der Waals surface area (Å²) in [4.78, 5) is 8.45. The Kier molecular flexibility index (Phi) is 4.63. The first-order valence-electron chi connectivity index (χ1n) is 5.73. The fourth-order valence-electron chi connectivity index (χ4n) is 1.21. The van der Waals surface area contributed by atoms with Crippen molar-refractivity contribution in [3.05, 3.63) is 30.1 Å². The third-order valence-corrected chi connectivity index (χ3v) is 2.20. The molecule has 0 fully saturated rings. The number of aromatic nitrogens is 2. The van der Waals surface area contributed by atoms with E-state index in [2.05, 4.69) is 42.6 Å². The molecule has 0 aliphatic heterocycles. The molecular formula is C13H21N3O. The maximum atomic E-state index is 5.28. The first-order valence-corrected chi connectivity index (χ1v) is 5.73. The van der Waals surface area contributed by atoms with E-state index in [0.29, 0.717) is 12.6 Å². The molecule has 0 radical (unpaired) electrons. The molecule has 94 valence electrons. The molecule has 0 bridgehead atoms. The molecule has 0 aromatic carbocycles. The minimum Gasteiger partial charge on any atom is -0.459 e. The van der Waals surface area contributed by atoms with E-state index in [0.717, 1.165) is 17.8 Å². The van der Waals surface area contributed by atoms with Crippen LogP contribution in [0.15, 0.2) is 18.9 Å². The highest BCUT2D eigenvalue weighted by Gasteiger charge is 2.10. The molecular weight excluding hydrogens is 214 g/mol. The summed E-state index contributed by atoms with van der Waals surface area (Å²) in [7, 11) is 0. The van der Waals surface area contributed by atoms with Gasteiger partial charge in [0, 0.05) is 29.5 Å². The van der Waals surface area contributed by atoms with E-state index >= 15 is 0 Å². The molecule has 1 aromatic rings. The third-order valence-electron chi connectivity index (χ3n) is 2.20.